The Morgan fingerprint density at radius 1 is 1.48 bits per heavy atom. The van der Waals surface area contributed by atoms with Crippen LogP contribution in [0.3, 0.4) is 0 Å². The summed E-state index contributed by atoms with van der Waals surface area (Å²) in [7, 11) is 1.92. The molecule has 0 saturated heterocycles. The number of rotatable bonds is 5. The molecule has 21 heavy (non-hydrogen) atoms. The van der Waals surface area contributed by atoms with E-state index in [4.69, 9.17) is 0 Å². The van der Waals surface area contributed by atoms with Crippen LogP contribution in [0.15, 0.2) is 16.6 Å². The van der Waals surface area contributed by atoms with Gasteiger partial charge in [0.05, 0.1) is 11.3 Å². The third kappa shape index (κ3) is 3.56. The zero-order valence-electron chi connectivity index (χ0n) is 12.8. The molecule has 1 aliphatic rings. The summed E-state index contributed by atoms with van der Waals surface area (Å²) < 4.78 is 0.910. The number of carbonyl (C=O) groups excluding carboxylic acids is 1. The van der Waals surface area contributed by atoms with E-state index in [2.05, 4.69) is 26.6 Å². The number of anilines is 2. The normalized spacial score (nSPS) is 17.6. The highest BCUT2D eigenvalue weighted by Gasteiger charge is 2.31. The van der Waals surface area contributed by atoms with E-state index in [-0.39, 0.29) is 11.9 Å². The number of amides is 1. The van der Waals surface area contributed by atoms with Gasteiger partial charge in [-0.1, -0.05) is 6.92 Å². The number of hydrogen-bond donors (Lipinski definition) is 3. The van der Waals surface area contributed by atoms with Crippen LogP contribution in [-0.4, -0.2) is 36.8 Å². The Hall–Kier alpha value is -1.11. The topological polar surface area (TPSA) is 64.6 Å². The Labute approximate surface area is 133 Å². The van der Waals surface area contributed by atoms with Crippen LogP contribution >= 0.6 is 15.9 Å². The number of nitrogens with zero attached hydrogens (tertiary/aromatic N) is 1. The molecule has 1 aromatic carbocycles. The minimum atomic E-state index is -0.789. The van der Waals surface area contributed by atoms with Gasteiger partial charge in [-0.2, -0.15) is 0 Å². The van der Waals surface area contributed by atoms with Gasteiger partial charge >= 0.3 is 0 Å². The fourth-order valence-corrected chi connectivity index (χ4v) is 3.30. The van der Waals surface area contributed by atoms with Crippen LogP contribution in [0.25, 0.3) is 0 Å². The monoisotopic (exact) mass is 355 g/mol. The number of aliphatic hydroxyl groups is 1. The first-order valence-electron chi connectivity index (χ1n) is 7.04. The van der Waals surface area contributed by atoms with Crippen LogP contribution in [-0.2, 0) is 4.79 Å². The maximum absolute atomic E-state index is 12.0. The number of benzene rings is 1. The van der Waals surface area contributed by atoms with E-state index in [1.807, 2.05) is 31.0 Å². The van der Waals surface area contributed by atoms with E-state index in [0.717, 1.165) is 28.0 Å². The van der Waals surface area contributed by atoms with E-state index in [0.29, 0.717) is 6.54 Å². The van der Waals surface area contributed by atoms with Gasteiger partial charge in [-0.3, -0.25) is 4.79 Å². The molecule has 2 rings (SSSR count). The van der Waals surface area contributed by atoms with Gasteiger partial charge in [0.15, 0.2) is 0 Å². The van der Waals surface area contributed by atoms with Crippen LogP contribution in [0.1, 0.15) is 32.4 Å². The zero-order valence-corrected chi connectivity index (χ0v) is 14.4. The molecule has 0 radical (unpaired) electrons. The number of halogens is 1. The minimum Gasteiger partial charge on any atom is -0.389 e. The van der Waals surface area contributed by atoms with Gasteiger partial charge in [0.25, 0.3) is 0 Å². The summed E-state index contributed by atoms with van der Waals surface area (Å²) in [6.45, 7) is 6.75. The third-order valence-electron chi connectivity index (χ3n) is 3.39. The molecular weight excluding hydrogens is 334 g/mol. The number of fused-ring (bicyclic) bond motifs is 1. The van der Waals surface area contributed by atoms with Crippen LogP contribution in [0.5, 0.6) is 0 Å². The molecule has 6 heteroatoms. The molecule has 116 valence electrons. The largest absolute Gasteiger partial charge is 0.389 e. The second-order valence-electron chi connectivity index (χ2n) is 6.04. The van der Waals surface area contributed by atoms with E-state index in [9.17, 15) is 9.90 Å². The number of likely N-dealkylation sites (N-methyl/N-ethyl adjacent to an activating group) is 2. The highest BCUT2D eigenvalue weighted by Crippen LogP contribution is 2.39. The first kappa shape index (κ1) is 16.3. The molecule has 1 unspecified atom stereocenters. The van der Waals surface area contributed by atoms with Crippen molar-refractivity contribution in [3.63, 3.8) is 0 Å². The molecule has 5 nitrogen and oxygen atoms in total. The Balaban J connectivity index is 2.33. The summed E-state index contributed by atoms with van der Waals surface area (Å²) in [4.78, 5) is 14.0. The molecule has 0 aromatic heterocycles. The summed E-state index contributed by atoms with van der Waals surface area (Å²) >= 11 is 3.57. The van der Waals surface area contributed by atoms with Crippen molar-refractivity contribution in [3.8, 4) is 0 Å². The summed E-state index contributed by atoms with van der Waals surface area (Å²) in [6, 6.07) is 3.62. The van der Waals surface area contributed by atoms with E-state index in [1.165, 1.54) is 0 Å². The van der Waals surface area contributed by atoms with Gasteiger partial charge in [0, 0.05) is 29.3 Å². The fourth-order valence-electron chi connectivity index (χ4n) is 2.64. The highest BCUT2D eigenvalue weighted by molar-refractivity contribution is 9.10. The first-order chi connectivity index (χ1) is 9.73. The average molecular weight is 356 g/mol. The molecule has 1 amide bonds. The molecule has 0 saturated carbocycles. The summed E-state index contributed by atoms with van der Waals surface area (Å²) in [5.41, 5.74) is 1.93. The lowest BCUT2D eigenvalue weighted by atomic mass is 10.1. The SMILES string of the molecule is CCNC1C(=O)Nc2cc(N(C)CC(C)(C)O)c(Br)cc21. The van der Waals surface area contributed by atoms with Crippen molar-refractivity contribution in [3.05, 3.63) is 22.2 Å². The number of carbonyl (C=O) groups is 1. The molecule has 0 bridgehead atoms. The van der Waals surface area contributed by atoms with E-state index < -0.39 is 5.60 Å². The zero-order chi connectivity index (χ0) is 15.8. The van der Waals surface area contributed by atoms with Crippen molar-refractivity contribution in [1.82, 2.24) is 5.32 Å². The number of nitrogens with one attached hydrogen (secondary N) is 2. The van der Waals surface area contributed by atoms with Crippen molar-refractivity contribution in [2.75, 3.05) is 30.4 Å². The van der Waals surface area contributed by atoms with Crippen molar-refractivity contribution in [1.29, 1.82) is 0 Å². The Kier molecular flexibility index (Phi) is 4.60. The summed E-state index contributed by atoms with van der Waals surface area (Å²) in [5, 5.41) is 16.0. The van der Waals surface area contributed by atoms with Gasteiger partial charge in [0.2, 0.25) is 5.91 Å². The molecule has 1 atom stereocenters. The maximum atomic E-state index is 12.0. The average Bonchev–Trinajstić information content (AvgIpc) is 2.63. The van der Waals surface area contributed by atoms with Gasteiger partial charge in [-0.25, -0.2) is 0 Å². The third-order valence-corrected chi connectivity index (χ3v) is 4.03. The van der Waals surface area contributed by atoms with Crippen molar-refractivity contribution < 1.29 is 9.90 Å². The van der Waals surface area contributed by atoms with Gasteiger partial charge in [-0.15, -0.1) is 0 Å². The summed E-state index contributed by atoms with van der Waals surface area (Å²) in [6.07, 6.45) is 0. The lowest BCUT2D eigenvalue weighted by Crippen LogP contribution is -2.36. The number of hydrogen-bond acceptors (Lipinski definition) is 4. The van der Waals surface area contributed by atoms with Crippen LogP contribution < -0.4 is 15.5 Å². The molecule has 0 aliphatic carbocycles. The molecule has 1 aromatic rings. The van der Waals surface area contributed by atoms with Crippen molar-refractivity contribution in [2.45, 2.75) is 32.4 Å². The Morgan fingerprint density at radius 2 is 2.14 bits per heavy atom. The van der Waals surface area contributed by atoms with Crippen LogP contribution in [0.4, 0.5) is 11.4 Å². The molecule has 0 spiro atoms. The Bertz CT molecular complexity index is 555. The van der Waals surface area contributed by atoms with Crippen LogP contribution in [0, 0.1) is 0 Å². The predicted molar refractivity (Wildman–Crippen MR) is 88.8 cm³/mol. The van der Waals surface area contributed by atoms with Gasteiger partial charge in [0.1, 0.15) is 6.04 Å². The standard InChI is InChI=1S/C15H22BrN3O2/c1-5-17-13-9-6-10(16)12(7-11(9)18-14(13)20)19(4)8-15(2,3)21/h6-7,13,17,21H,5,8H2,1-4H3,(H,18,20). The molecule has 3 N–H and O–H groups in total. The minimum absolute atomic E-state index is 0.0268. The van der Waals surface area contributed by atoms with Gasteiger partial charge < -0.3 is 20.6 Å². The predicted octanol–water partition coefficient (Wildman–Crippen LogP) is 2.26. The first-order valence-corrected chi connectivity index (χ1v) is 7.83. The molecular formula is C15H22BrN3O2. The Morgan fingerprint density at radius 3 is 2.71 bits per heavy atom. The van der Waals surface area contributed by atoms with E-state index in [1.54, 1.807) is 13.8 Å². The van der Waals surface area contributed by atoms with E-state index >= 15 is 0 Å². The smallest absolute Gasteiger partial charge is 0.246 e. The molecule has 1 heterocycles. The maximum Gasteiger partial charge on any atom is 0.246 e. The quantitative estimate of drug-likeness (QED) is 0.757. The summed E-state index contributed by atoms with van der Waals surface area (Å²) in [5.74, 6) is -0.0268. The van der Waals surface area contributed by atoms with Gasteiger partial charge in [-0.05, 0) is 48.5 Å². The second kappa shape index (κ2) is 5.94. The van der Waals surface area contributed by atoms with Crippen LogP contribution in [0.2, 0.25) is 0 Å². The molecule has 0 fully saturated rings. The fraction of sp³-hybridized carbons (Fsp3) is 0.533. The van der Waals surface area contributed by atoms with Crippen molar-refractivity contribution in [2.24, 2.45) is 0 Å². The van der Waals surface area contributed by atoms with Crippen molar-refractivity contribution >= 4 is 33.2 Å². The lowest BCUT2D eigenvalue weighted by molar-refractivity contribution is -0.117. The lowest BCUT2D eigenvalue weighted by Gasteiger charge is -2.28. The highest BCUT2D eigenvalue weighted by atomic mass is 79.9. The second-order valence-corrected chi connectivity index (χ2v) is 6.89. The molecule has 1 aliphatic heterocycles.